The zero-order valence-electron chi connectivity index (χ0n) is 9.63. The van der Waals surface area contributed by atoms with Crippen molar-refractivity contribution in [2.45, 2.75) is 4.21 Å². The fourth-order valence-corrected chi connectivity index (χ4v) is 5.00. The Kier molecular flexibility index (Phi) is 4.72. The third-order valence-electron chi connectivity index (χ3n) is 2.27. The molecule has 1 aromatic heterocycles. The molecule has 2 N–H and O–H groups in total. The molecular weight excluding hydrogens is 481 g/mol. The van der Waals surface area contributed by atoms with Gasteiger partial charge in [-0.05, 0) is 68.9 Å². The zero-order chi connectivity index (χ0) is 14.9. The minimum Gasteiger partial charge on any atom is -0.478 e. The Labute approximate surface area is 141 Å². The van der Waals surface area contributed by atoms with Crippen LogP contribution in [-0.4, -0.2) is 19.5 Å². The van der Waals surface area contributed by atoms with E-state index in [1.165, 1.54) is 18.2 Å². The van der Waals surface area contributed by atoms with Crippen molar-refractivity contribution in [3.05, 3.63) is 43.3 Å². The van der Waals surface area contributed by atoms with Crippen molar-refractivity contribution in [3.8, 4) is 0 Å². The second kappa shape index (κ2) is 6.00. The first-order valence-electron chi connectivity index (χ1n) is 5.10. The molecule has 0 atom stereocenters. The summed E-state index contributed by atoms with van der Waals surface area (Å²) in [7, 11) is -3.79. The lowest BCUT2D eigenvalue weighted by atomic mass is 10.2. The van der Waals surface area contributed by atoms with Gasteiger partial charge in [0.2, 0.25) is 0 Å². The summed E-state index contributed by atoms with van der Waals surface area (Å²) in [5.41, 5.74) is -0.0430. The highest BCUT2D eigenvalue weighted by Crippen LogP contribution is 2.29. The molecule has 0 aliphatic carbocycles. The Balaban J connectivity index is 2.42. The van der Waals surface area contributed by atoms with Crippen molar-refractivity contribution in [2.24, 2.45) is 0 Å². The molecule has 20 heavy (non-hydrogen) atoms. The maximum atomic E-state index is 12.2. The van der Waals surface area contributed by atoms with E-state index < -0.39 is 16.0 Å². The second-order valence-electron chi connectivity index (χ2n) is 3.66. The number of nitrogens with one attached hydrogen (secondary N) is 1. The van der Waals surface area contributed by atoms with Crippen LogP contribution in [0.4, 0.5) is 5.69 Å². The van der Waals surface area contributed by atoms with Gasteiger partial charge >= 0.3 is 5.97 Å². The van der Waals surface area contributed by atoms with Gasteiger partial charge in [0.25, 0.3) is 10.0 Å². The summed E-state index contributed by atoms with van der Waals surface area (Å²) in [6, 6.07) is 7.54. The molecule has 0 spiro atoms. The molecule has 5 nitrogen and oxygen atoms in total. The van der Waals surface area contributed by atoms with E-state index in [1.54, 1.807) is 12.1 Å². The van der Waals surface area contributed by atoms with Crippen molar-refractivity contribution in [3.63, 3.8) is 0 Å². The second-order valence-corrected chi connectivity index (χ2v) is 9.28. The number of rotatable bonds is 4. The highest BCUT2D eigenvalue weighted by atomic mass is 127. The molecule has 0 fully saturated rings. The lowest BCUT2D eigenvalue weighted by Crippen LogP contribution is -2.14. The number of hydrogen-bond donors (Lipinski definition) is 2. The number of thiophene rings is 1. The third-order valence-corrected chi connectivity index (χ3v) is 6.42. The predicted molar refractivity (Wildman–Crippen MR) is 88.9 cm³/mol. The number of benzene rings is 1. The Morgan fingerprint density at radius 1 is 1.30 bits per heavy atom. The van der Waals surface area contributed by atoms with Gasteiger partial charge in [-0.1, -0.05) is 0 Å². The van der Waals surface area contributed by atoms with Gasteiger partial charge < -0.3 is 5.11 Å². The lowest BCUT2D eigenvalue weighted by Gasteiger charge is -2.09. The van der Waals surface area contributed by atoms with Gasteiger partial charge in [-0.15, -0.1) is 11.3 Å². The van der Waals surface area contributed by atoms with Crippen LogP contribution >= 0.6 is 49.9 Å². The van der Waals surface area contributed by atoms with E-state index in [1.807, 2.05) is 22.6 Å². The highest BCUT2D eigenvalue weighted by molar-refractivity contribution is 14.1. The molecule has 106 valence electrons. The van der Waals surface area contributed by atoms with Crippen molar-refractivity contribution in [2.75, 3.05) is 4.72 Å². The van der Waals surface area contributed by atoms with Crippen LogP contribution in [0, 0.1) is 3.57 Å². The summed E-state index contributed by atoms with van der Waals surface area (Å²) < 4.78 is 28.1. The number of aromatic carboxylic acids is 1. The van der Waals surface area contributed by atoms with Crippen LogP contribution in [0.15, 0.2) is 38.3 Å². The largest absolute Gasteiger partial charge is 0.478 e. The van der Waals surface area contributed by atoms with Crippen LogP contribution in [0.3, 0.4) is 0 Å². The topological polar surface area (TPSA) is 83.5 Å². The van der Waals surface area contributed by atoms with Crippen molar-refractivity contribution >= 4 is 71.5 Å². The standard InChI is InChI=1S/C11H7BrINO4S2/c12-9-3-4-10(19-9)20(17,18)14-8-2-1-6(13)5-7(8)11(15)16/h1-5,14H,(H,15,16). The summed E-state index contributed by atoms with van der Waals surface area (Å²) in [5.74, 6) is -1.19. The minimum atomic E-state index is -3.79. The number of anilines is 1. The monoisotopic (exact) mass is 487 g/mol. The van der Waals surface area contributed by atoms with Gasteiger partial charge in [0.1, 0.15) is 4.21 Å². The summed E-state index contributed by atoms with van der Waals surface area (Å²) in [4.78, 5) is 11.2. The van der Waals surface area contributed by atoms with E-state index in [0.29, 0.717) is 7.36 Å². The molecule has 0 aliphatic heterocycles. The number of carbonyl (C=O) groups is 1. The first-order valence-corrected chi connectivity index (χ1v) is 9.28. The highest BCUT2D eigenvalue weighted by Gasteiger charge is 2.20. The molecule has 1 aromatic carbocycles. The Morgan fingerprint density at radius 2 is 2.00 bits per heavy atom. The van der Waals surface area contributed by atoms with Crippen molar-refractivity contribution < 1.29 is 18.3 Å². The van der Waals surface area contributed by atoms with E-state index in [2.05, 4.69) is 20.7 Å². The average Bonchev–Trinajstić information content (AvgIpc) is 2.78. The number of halogens is 2. The summed E-state index contributed by atoms with van der Waals surface area (Å²) in [5, 5.41) is 9.12. The molecule has 0 unspecified atom stereocenters. The average molecular weight is 488 g/mol. The van der Waals surface area contributed by atoms with Crippen LogP contribution < -0.4 is 4.72 Å². The number of carboxylic acids is 1. The van der Waals surface area contributed by atoms with Gasteiger partial charge in [0, 0.05) is 3.57 Å². The summed E-state index contributed by atoms with van der Waals surface area (Å²) in [6.07, 6.45) is 0. The third kappa shape index (κ3) is 3.51. The first-order chi connectivity index (χ1) is 9.29. The van der Waals surface area contributed by atoms with Crippen LogP contribution in [-0.2, 0) is 10.0 Å². The maximum Gasteiger partial charge on any atom is 0.337 e. The van der Waals surface area contributed by atoms with E-state index in [9.17, 15) is 13.2 Å². The molecule has 2 aromatic rings. The maximum absolute atomic E-state index is 12.2. The molecule has 9 heteroatoms. The zero-order valence-corrected chi connectivity index (χ0v) is 15.0. The molecule has 2 rings (SSSR count). The van der Waals surface area contributed by atoms with E-state index >= 15 is 0 Å². The lowest BCUT2D eigenvalue weighted by molar-refractivity contribution is 0.0698. The molecule has 0 amide bonds. The molecule has 0 bridgehead atoms. The fourth-order valence-electron chi connectivity index (χ4n) is 1.42. The molecule has 0 radical (unpaired) electrons. The molecular formula is C11H7BrINO4S2. The van der Waals surface area contributed by atoms with Crippen molar-refractivity contribution in [1.82, 2.24) is 0 Å². The van der Waals surface area contributed by atoms with Gasteiger partial charge in [-0.25, -0.2) is 13.2 Å². The molecule has 0 saturated heterocycles. The molecule has 0 aliphatic rings. The normalized spacial score (nSPS) is 11.3. The number of hydrogen-bond acceptors (Lipinski definition) is 4. The van der Waals surface area contributed by atoms with Gasteiger partial charge in [0.05, 0.1) is 15.0 Å². The van der Waals surface area contributed by atoms with Crippen LogP contribution in [0.5, 0.6) is 0 Å². The molecule has 0 saturated carbocycles. The Morgan fingerprint density at radius 3 is 2.55 bits per heavy atom. The van der Waals surface area contributed by atoms with Crippen LogP contribution in [0.1, 0.15) is 10.4 Å². The van der Waals surface area contributed by atoms with Crippen LogP contribution in [0.2, 0.25) is 0 Å². The SMILES string of the molecule is O=C(O)c1cc(I)ccc1NS(=O)(=O)c1ccc(Br)s1. The first kappa shape index (κ1) is 15.7. The Hall–Kier alpha value is -0.650. The van der Waals surface area contributed by atoms with Gasteiger partial charge in [-0.3, -0.25) is 4.72 Å². The van der Waals surface area contributed by atoms with Crippen molar-refractivity contribution in [1.29, 1.82) is 0 Å². The number of carboxylic acid groups (broad SMARTS) is 1. The van der Waals surface area contributed by atoms with Gasteiger partial charge in [0.15, 0.2) is 0 Å². The van der Waals surface area contributed by atoms with Crippen LogP contribution in [0.25, 0.3) is 0 Å². The van der Waals surface area contributed by atoms with Gasteiger partial charge in [-0.2, -0.15) is 0 Å². The number of sulfonamides is 1. The quantitative estimate of drug-likeness (QED) is 0.645. The minimum absolute atomic E-state index is 0.0439. The van der Waals surface area contributed by atoms with E-state index in [-0.39, 0.29) is 15.5 Å². The fraction of sp³-hybridized carbons (Fsp3) is 0. The summed E-state index contributed by atoms with van der Waals surface area (Å²) >= 11 is 6.20. The predicted octanol–water partition coefficient (Wildman–Crippen LogP) is 3.61. The molecule has 1 heterocycles. The Bertz CT molecular complexity index is 772. The van der Waals surface area contributed by atoms with E-state index in [4.69, 9.17) is 5.11 Å². The van der Waals surface area contributed by atoms with E-state index in [0.717, 1.165) is 11.3 Å². The smallest absolute Gasteiger partial charge is 0.337 e. The summed E-state index contributed by atoms with van der Waals surface area (Å²) in [6.45, 7) is 0.